The standard InChI is InChI=1S/C12H27N3/c1-5-12(14(3)4)11(2)10-15-8-6-13-7-9-15/h11-13H,5-10H2,1-4H3. The molecule has 1 N–H and O–H groups in total. The van der Waals surface area contributed by atoms with Crippen LogP contribution in [0, 0.1) is 5.92 Å². The molecule has 0 aliphatic carbocycles. The molecule has 0 aromatic rings. The minimum Gasteiger partial charge on any atom is -0.314 e. The van der Waals surface area contributed by atoms with Crippen LogP contribution in [-0.4, -0.2) is 62.7 Å². The zero-order valence-corrected chi connectivity index (χ0v) is 10.8. The number of hydrogen-bond acceptors (Lipinski definition) is 3. The summed E-state index contributed by atoms with van der Waals surface area (Å²) in [6, 6.07) is 0.722. The Bertz CT molecular complexity index is 164. The number of nitrogens with one attached hydrogen (secondary N) is 1. The summed E-state index contributed by atoms with van der Waals surface area (Å²) in [5.41, 5.74) is 0. The summed E-state index contributed by atoms with van der Waals surface area (Å²) in [6.45, 7) is 10.7. The van der Waals surface area contributed by atoms with Gasteiger partial charge in [0, 0.05) is 38.8 Å². The maximum atomic E-state index is 3.40. The van der Waals surface area contributed by atoms with Crippen LogP contribution in [0.1, 0.15) is 20.3 Å². The van der Waals surface area contributed by atoms with E-state index in [4.69, 9.17) is 0 Å². The van der Waals surface area contributed by atoms with E-state index in [1.54, 1.807) is 0 Å². The first-order chi connectivity index (χ1) is 7.15. The largest absolute Gasteiger partial charge is 0.314 e. The van der Waals surface area contributed by atoms with Crippen molar-refractivity contribution < 1.29 is 0 Å². The van der Waals surface area contributed by atoms with Gasteiger partial charge in [-0.05, 0) is 26.4 Å². The summed E-state index contributed by atoms with van der Waals surface area (Å²) in [5.74, 6) is 0.767. The first-order valence-corrected chi connectivity index (χ1v) is 6.24. The lowest BCUT2D eigenvalue weighted by Crippen LogP contribution is -2.47. The summed E-state index contributed by atoms with van der Waals surface area (Å²) in [7, 11) is 4.39. The predicted molar refractivity (Wildman–Crippen MR) is 66.2 cm³/mol. The van der Waals surface area contributed by atoms with Crippen LogP contribution in [-0.2, 0) is 0 Å². The molecule has 1 saturated heterocycles. The minimum atomic E-state index is 0.722. The molecule has 90 valence electrons. The predicted octanol–water partition coefficient (Wildman–Crippen LogP) is 0.868. The van der Waals surface area contributed by atoms with E-state index in [0.717, 1.165) is 25.0 Å². The van der Waals surface area contributed by atoms with Crippen molar-refractivity contribution in [1.82, 2.24) is 15.1 Å². The first kappa shape index (κ1) is 12.9. The van der Waals surface area contributed by atoms with Gasteiger partial charge in [0.25, 0.3) is 0 Å². The maximum Gasteiger partial charge on any atom is 0.0124 e. The second-order valence-electron chi connectivity index (χ2n) is 4.97. The summed E-state index contributed by atoms with van der Waals surface area (Å²) in [5, 5.41) is 3.40. The Morgan fingerprint density at radius 3 is 2.33 bits per heavy atom. The van der Waals surface area contributed by atoms with Crippen LogP contribution < -0.4 is 5.32 Å². The fraction of sp³-hybridized carbons (Fsp3) is 1.00. The molecule has 2 atom stereocenters. The molecule has 0 aromatic heterocycles. The molecule has 0 spiro atoms. The average Bonchev–Trinajstić information content (AvgIpc) is 2.19. The number of hydrogen-bond donors (Lipinski definition) is 1. The molecule has 0 bridgehead atoms. The molecule has 3 heteroatoms. The van der Waals surface area contributed by atoms with E-state index >= 15 is 0 Å². The highest BCUT2D eigenvalue weighted by atomic mass is 15.2. The van der Waals surface area contributed by atoms with E-state index in [2.05, 4.69) is 43.1 Å². The molecule has 0 amide bonds. The number of piperazine rings is 1. The van der Waals surface area contributed by atoms with Crippen molar-refractivity contribution in [3.8, 4) is 0 Å². The van der Waals surface area contributed by atoms with Gasteiger partial charge < -0.3 is 15.1 Å². The Balaban J connectivity index is 2.34. The zero-order valence-electron chi connectivity index (χ0n) is 10.8. The smallest absolute Gasteiger partial charge is 0.0124 e. The monoisotopic (exact) mass is 213 g/mol. The summed E-state index contributed by atoms with van der Waals surface area (Å²) < 4.78 is 0. The number of nitrogens with zero attached hydrogens (tertiary/aromatic N) is 2. The lowest BCUT2D eigenvalue weighted by Gasteiger charge is -2.35. The molecule has 1 aliphatic rings. The molecule has 1 rings (SSSR count). The van der Waals surface area contributed by atoms with Crippen LogP contribution in [0.4, 0.5) is 0 Å². The second-order valence-corrected chi connectivity index (χ2v) is 4.97. The molecule has 2 unspecified atom stereocenters. The van der Waals surface area contributed by atoms with E-state index in [9.17, 15) is 0 Å². The van der Waals surface area contributed by atoms with Gasteiger partial charge in [0.15, 0.2) is 0 Å². The SMILES string of the molecule is CCC(C(C)CN1CCNCC1)N(C)C. The molecular formula is C12H27N3. The molecule has 0 saturated carbocycles. The molecular weight excluding hydrogens is 186 g/mol. The Hall–Kier alpha value is -0.120. The molecule has 1 heterocycles. The van der Waals surface area contributed by atoms with Gasteiger partial charge in [0.1, 0.15) is 0 Å². The van der Waals surface area contributed by atoms with Gasteiger partial charge in [-0.15, -0.1) is 0 Å². The third kappa shape index (κ3) is 4.09. The lowest BCUT2D eigenvalue weighted by atomic mass is 9.98. The highest BCUT2D eigenvalue weighted by Gasteiger charge is 2.20. The van der Waals surface area contributed by atoms with Crippen LogP contribution in [0.15, 0.2) is 0 Å². The maximum absolute atomic E-state index is 3.40. The molecule has 1 aliphatic heterocycles. The third-order valence-corrected chi connectivity index (χ3v) is 3.49. The van der Waals surface area contributed by atoms with E-state index in [-0.39, 0.29) is 0 Å². The van der Waals surface area contributed by atoms with Crippen LogP contribution in [0.5, 0.6) is 0 Å². The van der Waals surface area contributed by atoms with Crippen molar-refractivity contribution in [3.05, 3.63) is 0 Å². The highest BCUT2D eigenvalue weighted by molar-refractivity contribution is 4.77. The van der Waals surface area contributed by atoms with Crippen molar-refractivity contribution in [2.45, 2.75) is 26.3 Å². The first-order valence-electron chi connectivity index (χ1n) is 6.24. The second kappa shape index (κ2) is 6.46. The summed E-state index contributed by atoms with van der Waals surface area (Å²) >= 11 is 0. The normalized spacial score (nSPS) is 23.0. The Kier molecular flexibility index (Phi) is 5.58. The molecule has 3 nitrogen and oxygen atoms in total. The zero-order chi connectivity index (χ0) is 11.3. The van der Waals surface area contributed by atoms with E-state index in [1.807, 2.05) is 0 Å². The van der Waals surface area contributed by atoms with Gasteiger partial charge >= 0.3 is 0 Å². The average molecular weight is 213 g/mol. The fourth-order valence-corrected chi connectivity index (χ4v) is 2.70. The van der Waals surface area contributed by atoms with Gasteiger partial charge in [-0.3, -0.25) is 0 Å². The van der Waals surface area contributed by atoms with Crippen LogP contribution in [0.25, 0.3) is 0 Å². The van der Waals surface area contributed by atoms with E-state index < -0.39 is 0 Å². The molecule has 15 heavy (non-hydrogen) atoms. The topological polar surface area (TPSA) is 18.5 Å². The van der Waals surface area contributed by atoms with Crippen molar-refractivity contribution in [3.63, 3.8) is 0 Å². The third-order valence-electron chi connectivity index (χ3n) is 3.49. The molecule has 0 radical (unpaired) electrons. The van der Waals surface area contributed by atoms with Crippen LogP contribution in [0.3, 0.4) is 0 Å². The lowest BCUT2D eigenvalue weighted by molar-refractivity contribution is 0.145. The Morgan fingerprint density at radius 2 is 1.87 bits per heavy atom. The van der Waals surface area contributed by atoms with Crippen molar-refractivity contribution in [2.24, 2.45) is 5.92 Å². The fourth-order valence-electron chi connectivity index (χ4n) is 2.70. The Labute approximate surface area is 94.8 Å². The highest BCUT2D eigenvalue weighted by Crippen LogP contribution is 2.13. The van der Waals surface area contributed by atoms with Gasteiger partial charge in [-0.1, -0.05) is 13.8 Å². The van der Waals surface area contributed by atoms with Crippen LogP contribution >= 0.6 is 0 Å². The number of rotatable bonds is 5. The summed E-state index contributed by atoms with van der Waals surface area (Å²) in [6.07, 6.45) is 1.25. The van der Waals surface area contributed by atoms with E-state index in [0.29, 0.717) is 0 Å². The summed E-state index contributed by atoms with van der Waals surface area (Å²) in [4.78, 5) is 4.96. The Morgan fingerprint density at radius 1 is 1.27 bits per heavy atom. The van der Waals surface area contributed by atoms with E-state index in [1.165, 1.54) is 26.1 Å². The molecule has 0 aromatic carbocycles. The quantitative estimate of drug-likeness (QED) is 0.731. The van der Waals surface area contributed by atoms with Gasteiger partial charge in [0.05, 0.1) is 0 Å². The van der Waals surface area contributed by atoms with Crippen molar-refractivity contribution >= 4 is 0 Å². The van der Waals surface area contributed by atoms with Gasteiger partial charge in [-0.25, -0.2) is 0 Å². The van der Waals surface area contributed by atoms with Crippen LogP contribution in [0.2, 0.25) is 0 Å². The van der Waals surface area contributed by atoms with Crippen molar-refractivity contribution in [2.75, 3.05) is 46.8 Å². The van der Waals surface area contributed by atoms with Gasteiger partial charge in [-0.2, -0.15) is 0 Å². The molecule has 1 fully saturated rings. The van der Waals surface area contributed by atoms with Crippen molar-refractivity contribution in [1.29, 1.82) is 0 Å². The minimum absolute atomic E-state index is 0.722. The van der Waals surface area contributed by atoms with Gasteiger partial charge in [0.2, 0.25) is 0 Å².